The van der Waals surface area contributed by atoms with Gasteiger partial charge in [0.2, 0.25) is 0 Å². The Morgan fingerprint density at radius 1 is 1.22 bits per heavy atom. The summed E-state index contributed by atoms with van der Waals surface area (Å²) < 4.78 is 31.1. The predicted octanol–water partition coefficient (Wildman–Crippen LogP) is 1.93. The Bertz CT molecular complexity index is 503. The zero-order chi connectivity index (χ0) is 13.3. The minimum absolute atomic E-state index is 0. The quantitative estimate of drug-likeness (QED) is 0.730. The second kappa shape index (κ2) is 5.79. The van der Waals surface area contributed by atoms with E-state index in [0.29, 0.717) is 6.42 Å². The van der Waals surface area contributed by atoms with Gasteiger partial charge in [0.15, 0.2) is 0 Å². The summed E-state index contributed by atoms with van der Waals surface area (Å²) in [6, 6.07) is 4.50. The van der Waals surface area contributed by atoms with Gasteiger partial charge in [0, 0.05) is 6.61 Å². The molecule has 1 aromatic carbocycles. The van der Waals surface area contributed by atoms with E-state index in [4.69, 9.17) is 9.66 Å². The summed E-state index contributed by atoms with van der Waals surface area (Å²) in [5, 5.41) is 8.99. The zero-order valence-corrected chi connectivity index (χ0v) is 11.8. The van der Waals surface area contributed by atoms with Crippen LogP contribution in [0.4, 0.5) is 0 Å². The third kappa shape index (κ3) is 4.06. The van der Waals surface area contributed by atoms with E-state index in [2.05, 4.69) is 0 Å². The number of hydrogen-bond donors (Lipinski definition) is 3. The molecule has 1 rings (SSSR count). The zero-order valence-electron chi connectivity index (χ0n) is 11.0. The first-order valence-electron chi connectivity index (χ1n) is 5.38. The fraction of sp³-hybridized carbons (Fsp3) is 0.500. The van der Waals surface area contributed by atoms with Gasteiger partial charge in [-0.1, -0.05) is 26.8 Å². The molecule has 0 saturated carbocycles. The van der Waals surface area contributed by atoms with Gasteiger partial charge in [0.05, 0.1) is 4.90 Å². The lowest BCUT2D eigenvalue weighted by atomic mass is 9.83. The monoisotopic (exact) mass is 275 g/mol. The third-order valence-electron chi connectivity index (χ3n) is 2.56. The summed E-state index contributed by atoms with van der Waals surface area (Å²) >= 11 is 0. The van der Waals surface area contributed by atoms with Crippen LogP contribution in [0.5, 0.6) is 0 Å². The predicted molar refractivity (Wildman–Crippen MR) is 70.8 cm³/mol. The fourth-order valence-electron chi connectivity index (χ4n) is 1.79. The van der Waals surface area contributed by atoms with Crippen LogP contribution < -0.4 is 6.15 Å². The molecule has 18 heavy (non-hydrogen) atoms. The Morgan fingerprint density at radius 2 is 1.78 bits per heavy atom. The van der Waals surface area contributed by atoms with Crippen molar-refractivity contribution in [2.45, 2.75) is 37.5 Å². The van der Waals surface area contributed by atoms with Gasteiger partial charge in [0.25, 0.3) is 10.1 Å². The van der Waals surface area contributed by atoms with E-state index >= 15 is 0 Å². The molecule has 0 atom stereocenters. The average molecular weight is 275 g/mol. The SMILES string of the molecule is CC(C)(C)c1ccc(S(=O)(=O)O)cc1CCO.N. The topological polar surface area (TPSA) is 110 Å². The van der Waals surface area contributed by atoms with Crippen molar-refractivity contribution in [2.75, 3.05) is 6.61 Å². The van der Waals surface area contributed by atoms with Crippen LogP contribution in [0.25, 0.3) is 0 Å². The van der Waals surface area contributed by atoms with E-state index < -0.39 is 10.1 Å². The van der Waals surface area contributed by atoms with Crippen LogP contribution in [0.15, 0.2) is 23.1 Å². The molecule has 0 unspecified atom stereocenters. The van der Waals surface area contributed by atoms with Gasteiger partial charge in [-0.2, -0.15) is 8.42 Å². The van der Waals surface area contributed by atoms with Crippen molar-refractivity contribution in [3.8, 4) is 0 Å². The lowest BCUT2D eigenvalue weighted by Crippen LogP contribution is -2.15. The van der Waals surface area contributed by atoms with E-state index in [9.17, 15) is 8.42 Å². The lowest BCUT2D eigenvalue weighted by Gasteiger charge is -2.23. The Morgan fingerprint density at radius 3 is 2.17 bits per heavy atom. The Labute approximate surface area is 108 Å². The minimum Gasteiger partial charge on any atom is -0.396 e. The van der Waals surface area contributed by atoms with Gasteiger partial charge >= 0.3 is 0 Å². The molecule has 0 aromatic heterocycles. The van der Waals surface area contributed by atoms with Crippen LogP contribution in [0.3, 0.4) is 0 Å². The van der Waals surface area contributed by atoms with E-state index in [1.165, 1.54) is 12.1 Å². The molecular formula is C12H21NO4S. The van der Waals surface area contributed by atoms with Gasteiger partial charge in [-0.05, 0) is 35.1 Å². The number of hydrogen-bond acceptors (Lipinski definition) is 4. The van der Waals surface area contributed by atoms with Gasteiger partial charge in [-0.3, -0.25) is 4.55 Å². The van der Waals surface area contributed by atoms with E-state index in [-0.39, 0.29) is 23.1 Å². The maximum Gasteiger partial charge on any atom is 0.294 e. The molecule has 0 aliphatic rings. The van der Waals surface area contributed by atoms with E-state index in [1.807, 2.05) is 20.8 Å². The smallest absolute Gasteiger partial charge is 0.294 e. The number of benzene rings is 1. The van der Waals surface area contributed by atoms with Crippen LogP contribution in [0.1, 0.15) is 31.9 Å². The van der Waals surface area contributed by atoms with Crippen LogP contribution in [0.2, 0.25) is 0 Å². The fourth-order valence-corrected chi connectivity index (χ4v) is 2.32. The van der Waals surface area contributed by atoms with Gasteiger partial charge in [-0.15, -0.1) is 0 Å². The summed E-state index contributed by atoms with van der Waals surface area (Å²) in [6.45, 7) is 5.97. The summed E-state index contributed by atoms with van der Waals surface area (Å²) in [7, 11) is -4.19. The standard InChI is InChI=1S/C12H18O4S.H3N/c1-12(2,3)11-5-4-10(17(14,15)16)8-9(11)6-7-13;/h4-5,8,13H,6-7H2,1-3H3,(H,14,15,16);1H3. The van der Waals surface area contributed by atoms with Crippen molar-refractivity contribution in [1.82, 2.24) is 6.15 Å². The third-order valence-corrected chi connectivity index (χ3v) is 3.41. The minimum atomic E-state index is -4.19. The molecule has 0 fully saturated rings. The summed E-state index contributed by atoms with van der Waals surface area (Å²) in [5.41, 5.74) is 1.58. The molecule has 0 spiro atoms. The molecule has 0 aliphatic carbocycles. The van der Waals surface area contributed by atoms with Crippen LogP contribution >= 0.6 is 0 Å². The Hall–Kier alpha value is -0.950. The highest BCUT2D eigenvalue weighted by molar-refractivity contribution is 7.85. The second-order valence-electron chi connectivity index (χ2n) is 5.02. The largest absolute Gasteiger partial charge is 0.396 e. The Balaban J connectivity index is 0.00000289. The van der Waals surface area contributed by atoms with Gasteiger partial charge in [0.1, 0.15) is 0 Å². The first kappa shape index (κ1) is 17.1. The van der Waals surface area contributed by atoms with Crippen LogP contribution in [-0.2, 0) is 22.0 Å². The first-order chi connectivity index (χ1) is 7.66. The Kier molecular flexibility index (Phi) is 5.49. The molecule has 5 N–H and O–H groups in total. The van der Waals surface area contributed by atoms with Gasteiger partial charge in [-0.25, -0.2) is 0 Å². The van der Waals surface area contributed by atoms with Crippen molar-refractivity contribution in [2.24, 2.45) is 0 Å². The molecule has 0 aliphatic heterocycles. The molecule has 104 valence electrons. The second-order valence-corrected chi connectivity index (χ2v) is 6.44. The number of aliphatic hydroxyl groups is 1. The summed E-state index contributed by atoms with van der Waals surface area (Å²) in [5.74, 6) is 0. The summed E-state index contributed by atoms with van der Waals surface area (Å²) in [6.07, 6.45) is 0.371. The van der Waals surface area contributed by atoms with Crippen LogP contribution in [-0.4, -0.2) is 24.7 Å². The van der Waals surface area contributed by atoms with E-state index in [1.54, 1.807) is 6.07 Å². The van der Waals surface area contributed by atoms with Crippen molar-refractivity contribution >= 4 is 10.1 Å². The molecule has 0 bridgehead atoms. The number of rotatable bonds is 3. The van der Waals surface area contributed by atoms with Crippen molar-refractivity contribution in [3.63, 3.8) is 0 Å². The van der Waals surface area contributed by atoms with E-state index in [0.717, 1.165) is 11.1 Å². The van der Waals surface area contributed by atoms with Gasteiger partial charge < -0.3 is 11.3 Å². The van der Waals surface area contributed by atoms with Crippen molar-refractivity contribution in [3.05, 3.63) is 29.3 Å². The lowest BCUT2D eigenvalue weighted by molar-refractivity contribution is 0.298. The molecular weight excluding hydrogens is 254 g/mol. The van der Waals surface area contributed by atoms with Crippen molar-refractivity contribution in [1.29, 1.82) is 0 Å². The molecule has 1 aromatic rings. The molecule has 5 nitrogen and oxygen atoms in total. The molecule has 6 heteroatoms. The molecule has 0 heterocycles. The molecule has 0 saturated heterocycles. The average Bonchev–Trinajstić information content (AvgIpc) is 2.15. The number of aliphatic hydroxyl groups excluding tert-OH is 1. The molecule has 0 amide bonds. The maximum atomic E-state index is 11.0. The highest BCUT2D eigenvalue weighted by Crippen LogP contribution is 2.28. The highest BCUT2D eigenvalue weighted by Gasteiger charge is 2.20. The first-order valence-corrected chi connectivity index (χ1v) is 6.82. The maximum absolute atomic E-state index is 11.0. The highest BCUT2D eigenvalue weighted by atomic mass is 32.2. The van der Waals surface area contributed by atoms with Crippen LogP contribution in [0, 0.1) is 0 Å². The summed E-state index contributed by atoms with van der Waals surface area (Å²) in [4.78, 5) is -0.131. The van der Waals surface area contributed by atoms with Crippen molar-refractivity contribution < 1.29 is 18.1 Å². The normalized spacial score (nSPS) is 12.1. The molecule has 0 radical (unpaired) electrons.